The van der Waals surface area contributed by atoms with Crippen LogP contribution in [-0.2, 0) is 17.6 Å². The molecule has 1 amide bonds. The maximum absolute atomic E-state index is 11.4. The molecule has 100 valence electrons. The van der Waals surface area contributed by atoms with Crippen LogP contribution in [0.3, 0.4) is 0 Å². The fraction of sp³-hybridized carbons (Fsp3) is 0.533. The number of benzene rings is 1. The molecule has 0 heterocycles. The number of rotatable bonds is 7. The predicted molar refractivity (Wildman–Crippen MR) is 75.2 cm³/mol. The molecule has 1 aromatic rings. The molecule has 0 radical (unpaired) electrons. The molecular formula is C15H24N2O. The summed E-state index contributed by atoms with van der Waals surface area (Å²) < 4.78 is 0. The molecule has 18 heavy (non-hydrogen) atoms. The summed E-state index contributed by atoms with van der Waals surface area (Å²) in [5.41, 5.74) is 5.49. The number of hydrogen-bond donors (Lipinski definition) is 1. The summed E-state index contributed by atoms with van der Waals surface area (Å²) in [6, 6.07) is 8.76. The monoisotopic (exact) mass is 248 g/mol. The zero-order chi connectivity index (χ0) is 13.4. The average molecular weight is 248 g/mol. The van der Waals surface area contributed by atoms with E-state index in [1.54, 1.807) is 5.01 Å². The van der Waals surface area contributed by atoms with E-state index in [-0.39, 0.29) is 5.91 Å². The van der Waals surface area contributed by atoms with Gasteiger partial charge in [0.1, 0.15) is 0 Å². The third kappa shape index (κ3) is 5.82. The highest BCUT2D eigenvalue weighted by Crippen LogP contribution is 2.09. The summed E-state index contributed by atoms with van der Waals surface area (Å²) in [5, 5.41) is 1.69. The maximum atomic E-state index is 11.4. The molecule has 0 spiro atoms. The summed E-state index contributed by atoms with van der Waals surface area (Å²) in [4.78, 5) is 11.4. The van der Waals surface area contributed by atoms with Crippen LogP contribution in [-0.4, -0.2) is 25.0 Å². The van der Waals surface area contributed by atoms with Crippen LogP contribution in [0.5, 0.6) is 0 Å². The average Bonchev–Trinajstić information content (AvgIpc) is 2.34. The molecule has 0 fully saturated rings. The largest absolute Gasteiger partial charge is 0.289 e. The van der Waals surface area contributed by atoms with Crippen molar-refractivity contribution in [2.75, 3.05) is 14.1 Å². The normalized spacial score (nSPS) is 10.7. The highest BCUT2D eigenvalue weighted by atomic mass is 16.2. The quantitative estimate of drug-likeness (QED) is 0.594. The summed E-state index contributed by atoms with van der Waals surface area (Å²) in [6.07, 6.45) is 4.75. The van der Waals surface area contributed by atoms with Crippen molar-refractivity contribution in [1.29, 1.82) is 0 Å². The zero-order valence-corrected chi connectivity index (χ0v) is 11.7. The van der Waals surface area contributed by atoms with E-state index in [0.717, 1.165) is 25.7 Å². The Morgan fingerprint density at radius 1 is 1.11 bits per heavy atom. The van der Waals surface area contributed by atoms with E-state index >= 15 is 0 Å². The Morgan fingerprint density at radius 2 is 1.72 bits per heavy atom. The van der Waals surface area contributed by atoms with Gasteiger partial charge in [-0.2, -0.15) is 0 Å². The second-order valence-corrected chi connectivity index (χ2v) is 4.81. The maximum Gasteiger partial charge on any atom is 0.234 e. The van der Waals surface area contributed by atoms with Crippen LogP contribution in [0, 0.1) is 0 Å². The molecule has 0 atom stereocenters. The third-order valence-electron chi connectivity index (χ3n) is 2.90. The second-order valence-electron chi connectivity index (χ2n) is 4.81. The van der Waals surface area contributed by atoms with Crippen molar-refractivity contribution in [3.05, 3.63) is 35.4 Å². The van der Waals surface area contributed by atoms with Crippen molar-refractivity contribution in [1.82, 2.24) is 10.4 Å². The van der Waals surface area contributed by atoms with E-state index in [2.05, 4.69) is 36.6 Å². The SMILES string of the molecule is CCc1ccc(CCCCC(=O)NN(C)C)cc1. The Morgan fingerprint density at radius 3 is 2.28 bits per heavy atom. The molecule has 3 nitrogen and oxygen atoms in total. The lowest BCUT2D eigenvalue weighted by Gasteiger charge is -2.11. The van der Waals surface area contributed by atoms with Crippen LogP contribution in [0.15, 0.2) is 24.3 Å². The van der Waals surface area contributed by atoms with Gasteiger partial charge in [-0.3, -0.25) is 10.2 Å². The Balaban J connectivity index is 2.19. The molecule has 0 aliphatic carbocycles. The van der Waals surface area contributed by atoms with E-state index in [0.29, 0.717) is 6.42 Å². The number of carbonyl (C=O) groups excluding carboxylic acids is 1. The number of nitrogens with one attached hydrogen (secondary N) is 1. The van der Waals surface area contributed by atoms with Crippen LogP contribution in [0.4, 0.5) is 0 Å². The van der Waals surface area contributed by atoms with Crippen LogP contribution in [0.25, 0.3) is 0 Å². The van der Waals surface area contributed by atoms with Crippen LogP contribution in [0.2, 0.25) is 0 Å². The number of hydrazine groups is 1. The lowest BCUT2D eigenvalue weighted by Crippen LogP contribution is -2.35. The van der Waals surface area contributed by atoms with Gasteiger partial charge in [0.15, 0.2) is 0 Å². The van der Waals surface area contributed by atoms with Crippen molar-refractivity contribution in [3.63, 3.8) is 0 Å². The molecule has 0 saturated carbocycles. The minimum Gasteiger partial charge on any atom is -0.289 e. The molecule has 1 rings (SSSR count). The van der Waals surface area contributed by atoms with Crippen molar-refractivity contribution in [2.24, 2.45) is 0 Å². The van der Waals surface area contributed by atoms with Crippen molar-refractivity contribution < 1.29 is 4.79 Å². The number of aryl methyl sites for hydroxylation is 2. The first-order chi connectivity index (χ1) is 8.61. The summed E-state index contributed by atoms with van der Waals surface area (Å²) in [5.74, 6) is 0.0985. The molecule has 0 saturated heterocycles. The number of carbonyl (C=O) groups is 1. The topological polar surface area (TPSA) is 32.3 Å². The van der Waals surface area contributed by atoms with Gasteiger partial charge in [-0.15, -0.1) is 0 Å². The van der Waals surface area contributed by atoms with Crippen molar-refractivity contribution in [2.45, 2.75) is 39.0 Å². The van der Waals surface area contributed by atoms with Gasteiger partial charge in [-0.1, -0.05) is 31.2 Å². The smallest absolute Gasteiger partial charge is 0.234 e. The van der Waals surface area contributed by atoms with E-state index in [1.807, 2.05) is 14.1 Å². The van der Waals surface area contributed by atoms with Gasteiger partial charge in [0.05, 0.1) is 0 Å². The van der Waals surface area contributed by atoms with Gasteiger partial charge in [0, 0.05) is 20.5 Å². The van der Waals surface area contributed by atoms with E-state index < -0.39 is 0 Å². The first kappa shape index (κ1) is 14.7. The number of unbranched alkanes of at least 4 members (excludes halogenated alkanes) is 1. The van der Waals surface area contributed by atoms with Gasteiger partial charge in [0.2, 0.25) is 5.91 Å². The van der Waals surface area contributed by atoms with Crippen LogP contribution >= 0.6 is 0 Å². The molecule has 3 heteroatoms. The van der Waals surface area contributed by atoms with Gasteiger partial charge < -0.3 is 0 Å². The number of amides is 1. The van der Waals surface area contributed by atoms with Crippen LogP contribution < -0.4 is 5.43 Å². The van der Waals surface area contributed by atoms with Gasteiger partial charge >= 0.3 is 0 Å². The highest BCUT2D eigenvalue weighted by molar-refractivity contribution is 5.75. The van der Waals surface area contributed by atoms with Crippen molar-refractivity contribution in [3.8, 4) is 0 Å². The molecule has 1 N–H and O–H groups in total. The Hall–Kier alpha value is -1.35. The van der Waals surface area contributed by atoms with Gasteiger partial charge in [-0.25, -0.2) is 5.01 Å². The van der Waals surface area contributed by atoms with Crippen molar-refractivity contribution >= 4 is 5.91 Å². The second kappa shape index (κ2) is 7.88. The molecule has 0 aromatic heterocycles. The molecule has 0 aliphatic heterocycles. The van der Waals surface area contributed by atoms with E-state index in [4.69, 9.17) is 0 Å². The number of nitrogens with zero attached hydrogens (tertiary/aromatic N) is 1. The molecule has 0 bridgehead atoms. The van der Waals surface area contributed by atoms with Gasteiger partial charge in [0.25, 0.3) is 0 Å². The van der Waals surface area contributed by atoms with Crippen LogP contribution in [0.1, 0.15) is 37.3 Å². The molecular weight excluding hydrogens is 224 g/mol. The minimum absolute atomic E-state index is 0.0985. The molecule has 0 unspecified atom stereocenters. The summed E-state index contributed by atoms with van der Waals surface area (Å²) in [7, 11) is 3.65. The summed E-state index contributed by atoms with van der Waals surface area (Å²) >= 11 is 0. The minimum atomic E-state index is 0.0985. The Labute approximate surface area is 110 Å². The fourth-order valence-corrected chi connectivity index (χ4v) is 1.86. The Kier molecular flexibility index (Phi) is 6.44. The highest BCUT2D eigenvalue weighted by Gasteiger charge is 2.01. The van der Waals surface area contributed by atoms with Gasteiger partial charge in [-0.05, 0) is 36.8 Å². The molecule has 1 aromatic carbocycles. The lowest BCUT2D eigenvalue weighted by atomic mass is 10.0. The zero-order valence-electron chi connectivity index (χ0n) is 11.7. The first-order valence-electron chi connectivity index (χ1n) is 6.66. The lowest BCUT2D eigenvalue weighted by molar-refractivity contribution is -0.124. The predicted octanol–water partition coefficient (Wildman–Crippen LogP) is 2.55. The van der Waals surface area contributed by atoms with E-state index in [9.17, 15) is 4.79 Å². The molecule has 0 aliphatic rings. The number of hydrogen-bond acceptors (Lipinski definition) is 2. The summed E-state index contributed by atoms with van der Waals surface area (Å²) in [6.45, 7) is 2.17. The van der Waals surface area contributed by atoms with E-state index in [1.165, 1.54) is 11.1 Å². The third-order valence-corrected chi connectivity index (χ3v) is 2.90. The first-order valence-corrected chi connectivity index (χ1v) is 6.66. The fourth-order valence-electron chi connectivity index (χ4n) is 1.86. The standard InChI is InChI=1S/C15H24N2O/c1-4-13-9-11-14(12-10-13)7-5-6-8-15(18)16-17(2)3/h9-12H,4-8H2,1-3H3,(H,16,18). The Bertz CT molecular complexity index is 357.